The third kappa shape index (κ3) is 4.80. The Balaban J connectivity index is 1.32. The number of aromatic nitrogens is 3. The summed E-state index contributed by atoms with van der Waals surface area (Å²) in [5.74, 6) is 1.11. The van der Waals surface area contributed by atoms with Crippen LogP contribution in [-0.2, 0) is 6.42 Å². The van der Waals surface area contributed by atoms with E-state index in [2.05, 4.69) is 61.5 Å². The highest BCUT2D eigenvalue weighted by Crippen LogP contribution is 2.19. The molecule has 7 heteroatoms. The third-order valence-electron chi connectivity index (χ3n) is 5.14. The number of anilines is 3. The van der Waals surface area contributed by atoms with Gasteiger partial charge in [-0.25, -0.2) is 4.39 Å². The second kappa shape index (κ2) is 8.86. The maximum Gasteiger partial charge on any atom is 0.247 e. The number of rotatable bonds is 6. The van der Waals surface area contributed by atoms with E-state index in [9.17, 15) is 4.39 Å². The van der Waals surface area contributed by atoms with Gasteiger partial charge in [-0.2, -0.15) is 10.1 Å². The highest BCUT2D eigenvalue weighted by atomic mass is 19.1. The molecule has 0 aliphatic carbocycles. The zero-order chi connectivity index (χ0) is 20.1. The zero-order valence-corrected chi connectivity index (χ0v) is 16.6. The fraction of sp³-hybridized carbons (Fsp3) is 0.318. The molecule has 1 aliphatic rings. The average molecular weight is 392 g/mol. The van der Waals surface area contributed by atoms with E-state index in [4.69, 9.17) is 0 Å². The van der Waals surface area contributed by atoms with Crippen LogP contribution in [0.3, 0.4) is 0 Å². The van der Waals surface area contributed by atoms with Gasteiger partial charge in [-0.3, -0.25) is 0 Å². The molecule has 1 aliphatic heterocycles. The molecule has 0 bridgehead atoms. The Labute approximate surface area is 170 Å². The van der Waals surface area contributed by atoms with Gasteiger partial charge in [0.1, 0.15) is 5.82 Å². The number of piperazine rings is 1. The smallest absolute Gasteiger partial charge is 0.247 e. The fourth-order valence-corrected chi connectivity index (χ4v) is 3.53. The van der Waals surface area contributed by atoms with E-state index in [0.717, 1.165) is 26.2 Å². The molecule has 150 valence electrons. The molecule has 1 aromatic heterocycles. The van der Waals surface area contributed by atoms with Crippen LogP contribution >= 0.6 is 0 Å². The van der Waals surface area contributed by atoms with E-state index >= 15 is 0 Å². The van der Waals surface area contributed by atoms with Crippen LogP contribution in [0.25, 0.3) is 0 Å². The Morgan fingerprint density at radius 3 is 2.59 bits per heavy atom. The number of benzene rings is 2. The van der Waals surface area contributed by atoms with E-state index in [1.165, 1.54) is 17.3 Å². The number of halogens is 1. The number of nitrogens with one attached hydrogen (secondary N) is 1. The first kappa shape index (κ1) is 19.1. The van der Waals surface area contributed by atoms with E-state index in [-0.39, 0.29) is 5.82 Å². The van der Waals surface area contributed by atoms with Crippen molar-refractivity contribution in [3.05, 3.63) is 71.7 Å². The molecule has 0 unspecified atom stereocenters. The Morgan fingerprint density at radius 2 is 1.79 bits per heavy atom. The Morgan fingerprint density at radius 1 is 1.00 bits per heavy atom. The number of hydrogen-bond donors (Lipinski definition) is 1. The molecule has 2 heterocycles. The molecule has 6 nitrogen and oxygen atoms in total. The van der Waals surface area contributed by atoms with Crippen molar-refractivity contribution in [3.63, 3.8) is 0 Å². The quantitative estimate of drug-likeness (QED) is 0.695. The molecule has 0 spiro atoms. The first-order valence-electron chi connectivity index (χ1n) is 9.92. The van der Waals surface area contributed by atoms with Crippen molar-refractivity contribution in [1.29, 1.82) is 0 Å². The molecule has 4 rings (SSSR count). The summed E-state index contributed by atoms with van der Waals surface area (Å²) in [6.45, 7) is 6.21. The SMILES string of the molecule is Cc1cccc(N2CCN(c3nncc(NCCc4ccccc4F)n3)CC2)c1. The summed E-state index contributed by atoms with van der Waals surface area (Å²) in [6, 6.07) is 15.4. The van der Waals surface area contributed by atoms with Crippen molar-refractivity contribution in [2.75, 3.05) is 47.8 Å². The summed E-state index contributed by atoms with van der Waals surface area (Å²) in [6.07, 6.45) is 2.19. The predicted molar refractivity (Wildman–Crippen MR) is 114 cm³/mol. The van der Waals surface area contributed by atoms with Gasteiger partial charge in [-0.1, -0.05) is 30.3 Å². The van der Waals surface area contributed by atoms with Gasteiger partial charge < -0.3 is 15.1 Å². The maximum absolute atomic E-state index is 13.7. The minimum atomic E-state index is -0.178. The van der Waals surface area contributed by atoms with E-state index in [1.807, 2.05) is 6.07 Å². The molecular formula is C22H25FN6. The van der Waals surface area contributed by atoms with Crippen LogP contribution < -0.4 is 15.1 Å². The predicted octanol–water partition coefficient (Wildman–Crippen LogP) is 3.30. The topological polar surface area (TPSA) is 57.2 Å². The van der Waals surface area contributed by atoms with Crippen LogP contribution in [0.2, 0.25) is 0 Å². The van der Waals surface area contributed by atoms with E-state index < -0.39 is 0 Å². The number of hydrogen-bond acceptors (Lipinski definition) is 6. The normalized spacial score (nSPS) is 14.1. The van der Waals surface area contributed by atoms with Gasteiger partial charge in [0, 0.05) is 38.4 Å². The highest BCUT2D eigenvalue weighted by Gasteiger charge is 2.20. The Bertz CT molecular complexity index is 955. The average Bonchev–Trinajstić information content (AvgIpc) is 2.75. The highest BCUT2D eigenvalue weighted by molar-refractivity contribution is 5.50. The molecule has 0 amide bonds. The van der Waals surface area contributed by atoms with Crippen LogP contribution in [0, 0.1) is 12.7 Å². The molecule has 1 fully saturated rings. The molecule has 0 radical (unpaired) electrons. The Hall–Kier alpha value is -3.22. The molecule has 3 aromatic rings. The summed E-state index contributed by atoms with van der Waals surface area (Å²) in [5.41, 5.74) is 3.22. The van der Waals surface area contributed by atoms with Gasteiger partial charge in [0.15, 0.2) is 5.82 Å². The molecule has 0 atom stereocenters. The second-order valence-electron chi connectivity index (χ2n) is 7.22. The first-order chi connectivity index (χ1) is 14.2. The standard InChI is InChI=1S/C22H25FN6/c1-17-5-4-7-19(15-17)28-11-13-29(14-12-28)22-26-21(16-25-27-22)24-10-9-18-6-2-3-8-20(18)23/h2-8,15-16H,9-14H2,1H3,(H,24,26,27). The van der Waals surface area contributed by atoms with Gasteiger partial charge in [-0.05, 0) is 42.7 Å². The molecule has 0 saturated carbocycles. The monoisotopic (exact) mass is 392 g/mol. The first-order valence-corrected chi connectivity index (χ1v) is 9.92. The van der Waals surface area contributed by atoms with Crippen LogP contribution in [-0.4, -0.2) is 47.9 Å². The molecule has 1 saturated heterocycles. The lowest BCUT2D eigenvalue weighted by Gasteiger charge is -2.36. The second-order valence-corrected chi connectivity index (χ2v) is 7.22. The van der Waals surface area contributed by atoms with Crippen LogP contribution in [0.5, 0.6) is 0 Å². The minimum absolute atomic E-state index is 0.178. The minimum Gasteiger partial charge on any atom is -0.368 e. The largest absolute Gasteiger partial charge is 0.368 e. The van der Waals surface area contributed by atoms with Crippen molar-refractivity contribution < 1.29 is 4.39 Å². The van der Waals surface area contributed by atoms with Gasteiger partial charge >= 0.3 is 0 Å². The lowest BCUT2D eigenvalue weighted by molar-refractivity contribution is 0.610. The van der Waals surface area contributed by atoms with Crippen LogP contribution in [0.4, 0.5) is 21.8 Å². The molecular weight excluding hydrogens is 367 g/mol. The fourth-order valence-electron chi connectivity index (χ4n) is 3.53. The summed E-state index contributed by atoms with van der Waals surface area (Å²) in [5, 5.41) is 11.5. The summed E-state index contributed by atoms with van der Waals surface area (Å²) in [7, 11) is 0. The van der Waals surface area contributed by atoms with Gasteiger partial charge in [0.2, 0.25) is 5.95 Å². The number of aryl methyl sites for hydroxylation is 1. The van der Waals surface area contributed by atoms with Crippen molar-refractivity contribution in [3.8, 4) is 0 Å². The van der Waals surface area contributed by atoms with Crippen molar-refractivity contribution in [2.24, 2.45) is 0 Å². The Kier molecular flexibility index (Phi) is 5.84. The zero-order valence-electron chi connectivity index (χ0n) is 16.6. The molecule has 1 N–H and O–H groups in total. The van der Waals surface area contributed by atoms with Gasteiger partial charge in [-0.15, -0.1) is 5.10 Å². The summed E-state index contributed by atoms with van der Waals surface area (Å²) >= 11 is 0. The van der Waals surface area contributed by atoms with Crippen molar-refractivity contribution >= 4 is 17.5 Å². The molecule has 2 aromatic carbocycles. The van der Waals surface area contributed by atoms with E-state index in [0.29, 0.717) is 30.3 Å². The summed E-state index contributed by atoms with van der Waals surface area (Å²) in [4.78, 5) is 9.13. The maximum atomic E-state index is 13.7. The third-order valence-corrected chi connectivity index (χ3v) is 5.14. The van der Waals surface area contributed by atoms with Crippen LogP contribution in [0.15, 0.2) is 54.7 Å². The van der Waals surface area contributed by atoms with Gasteiger partial charge in [0.05, 0.1) is 6.20 Å². The molecule has 29 heavy (non-hydrogen) atoms. The van der Waals surface area contributed by atoms with Crippen LogP contribution in [0.1, 0.15) is 11.1 Å². The van der Waals surface area contributed by atoms with Crippen molar-refractivity contribution in [2.45, 2.75) is 13.3 Å². The van der Waals surface area contributed by atoms with Gasteiger partial charge in [0.25, 0.3) is 0 Å². The summed E-state index contributed by atoms with van der Waals surface area (Å²) < 4.78 is 13.7. The lowest BCUT2D eigenvalue weighted by Crippen LogP contribution is -2.47. The number of nitrogens with zero attached hydrogens (tertiary/aromatic N) is 5. The lowest BCUT2D eigenvalue weighted by atomic mass is 10.1. The van der Waals surface area contributed by atoms with Crippen molar-refractivity contribution in [1.82, 2.24) is 15.2 Å². The van der Waals surface area contributed by atoms with E-state index in [1.54, 1.807) is 18.3 Å².